The molecule has 2 rings (SSSR count). The van der Waals surface area contributed by atoms with Crippen molar-refractivity contribution in [3.63, 3.8) is 0 Å². The molecule has 0 aliphatic carbocycles. The predicted molar refractivity (Wildman–Crippen MR) is 88.0 cm³/mol. The number of anilines is 2. The van der Waals surface area contributed by atoms with Crippen LogP contribution in [0.1, 0.15) is 27.6 Å². The van der Waals surface area contributed by atoms with Crippen LogP contribution in [0.15, 0.2) is 48.5 Å². The van der Waals surface area contributed by atoms with Crippen LogP contribution >= 0.6 is 0 Å². The number of ether oxygens (including phenoxy) is 1. The molecule has 0 fully saturated rings. The van der Waals surface area contributed by atoms with Crippen LogP contribution in [0.25, 0.3) is 0 Å². The van der Waals surface area contributed by atoms with Crippen molar-refractivity contribution in [3.8, 4) is 0 Å². The number of rotatable bonds is 6. The summed E-state index contributed by atoms with van der Waals surface area (Å²) >= 11 is 0. The fraction of sp³-hybridized carbons (Fsp3) is 0.176. The molecule has 0 aliphatic rings. The van der Waals surface area contributed by atoms with Crippen molar-refractivity contribution in [1.82, 2.24) is 0 Å². The van der Waals surface area contributed by atoms with Gasteiger partial charge in [0.25, 0.3) is 0 Å². The lowest BCUT2D eigenvalue weighted by molar-refractivity contribution is -0.275. The van der Waals surface area contributed by atoms with E-state index < -0.39 is 18.0 Å². The molecule has 0 saturated heterocycles. The fourth-order valence-electron chi connectivity index (χ4n) is 1.72. The smallest absolute Gasteiger partial charge is 0.373 e. The Morgan fingerprint density at radius 2 is 1.33 bits per heavy atom. The number of esters is 1. The summed E-state index contributed by atoms with van der Waals surface area (Å²) in [6.45, 7) is 1.53. The van der Waals surface area contributed by atoms with Gasteiger partial charge in [0.1, 0.15) is 12.7 Å². The van der Waals surface area contributed by atoms with E-state index in [-0.39, 0.29) is 6.61 Å². The van der Waals surface area contributed by atoms with Crippen molar-refractivity contribution in [3.05, 3.63) is 59.7 Å². The van der Waals surface area contributed by atoms with E-state index in [4.69, 9.17) is 26.0 Å². The van der Waals surface area contributed by atoms with Gasteiger partial charge in [0, 0.05) is 11.4 Å². The van der Waals surface area contributed by atoms with E-state index in [2.05, 4.69) is 0 Å². The average molecular weight is 330 g/mol. The topological polar surface area (TPSA) is 114 Å². The third-order valence-electron chi connectivity index (χ3n) is 3.03. The highest BCUT2D eigenvalue weighted by atomic mass is 17.2. The first-order chi connectivity index (χ1) is 11.5. The quantitative estimate of drug-likeness (QED) is 0.361. The Morgan fingerprint density at radius 3 is 1.83 bits per heavy atom. The Labute approximate surface area is 139 Å². The molecular weight excluding hydrogens is 312 g/mol. The minimum Gasteiger partial charge on any atom is -0.459 e. The monoisotopic (exact) mass is 330 g/mol. The number of hydrogen-bond acceptors (Lipinski definition) is 7. The van der Waals surface area contributed by atoms with Crippen molar-refractivity contribution in [2.45, 2.75) is 13.0 Å². The second-order valence-electron chi connectivity index (χ2n) is 5.12. The second kappa shape index (κ2) is 7.98. The normalized spacial score (nSPS) is 11.5. The van der Waals surface area contributed by atoms with Crippen LogP contribution in [0.4, 0.5) is 11.4 Å². The van der Waals surface area contributed by atoms with E-state index in [1.165, 1.54) is 12.1 Å². The zero-order valence-electron chi connectivity index (χ0n) is 13.1. The summed E-state index contributed by atoms with van der Waals surface area (Å²) in [4.78, 5) is 33.2. The van der Waals surface area contributed by atoms with Gasteiger partial charge in [-0.2, -0.15) is 4.89 Å². The number of nitrogen functional groups attached to an aromatic ring is 2. The van der Waals surface area contributed by atoms with Crippen LogP contribution in [0.3, 0.4) is 0 Å². The van der Waals surface area contributed by atoms with Gasteiger partial charge >= 0.3 is 11.9 Å². The van der Waals surface area contributed by atoms with Gasteiger partial charge in [0.2, 0.25) is 0 Å². The van der Waals surface area contributed by atoms with Crippen molar-refractivity contribution >= 4 is 23.3 Å². The summed E-state index contributed by atoms with van der Waals surface area (Å²) < 4.78 is 5.07. The van der Waals surface area contributed by atoms with Crippen molar-refractivity contribution < 1.29 is 24.1 Å². The average Bonchev–Trinajstić information content (AvgIpc) is 2.58. The largest absolute Gasteiger partial charge is 0.459 e. The van der Waals surface area contributed by atoms with E-state index in [9.17, 15) is 9.59 Å². The molecule has 0 spiro atoms. The first-order valence-electron chi connectivity index (χ1n) is 7.21. The lowest BCUT2D eigenvalue weighted by Gasteiger charge is -2.12. The molecule has 7 nitrogen and oxygen atoms in total. The lowest BCUT2D eigenvalue weighted by atomic mass is 10.2. The summed E-state index contributed by atoms with van der Waals surface area (Å²) in [7, 11) is 0. The summed E-state index contributed by atoms with van der Waals surface area (Å²) in [5.41, 5.74) is 12.8. The fourth-order valence-corrected chi connectivity index (χ4v) is 1.72. The standard InChI is InChI=1S/C17H18N2O5/c1-11(10-22-16(20)12-2-6-14(18)7-3-12)23-24-17(21)13-4-8-15(19)9-5-13/h2-9,11H,10,18-19H2,1H3. The van der Waals surface area contributed by atoms with Crippen LogP contribution in [0.5, 0.6) is 0 Å². The second-order valence-corrected chi connectivity index (χ2v) is 5.12. The molecule has 0 radical (unpaired) electrons. The molecule has 0 heterocycles. The van der Waals surface area contributed by atoms with Crippen molar-refractivity contribution in [1.29, 1.82) is 0 Å². The van der Waals surface area contributed by atoms with Crippen LogP contribution in [0, 0.1) is 0 Å². The molecule has 4 N–H and O–H groups in total. The molecule has 7 heteroatoms. The van der Waals surface area contributed by atoms with Gasteiger partial charge < -0.3 is 16.2 Å². The number of nitrogens with two attached hydrogens (primary N) is 2. The highest BCUT2D eigenvalue weighted by molar-refractivity contribution is 5.90. The van der Waals surface area contributed by atoms with Crippen LogP contribution in [-0.2, 0) is 14.5 Å². The Morgan fingerprint density at radius 1 is 0.875 bits per heavy atom. The van der Waals surface area contributed by atoms with Gasteiger partial charge in [-0.25, -0.2) is 9.59 Å². The van der Waals surface area contributed by atoms with E-state index in [0.29, 0.717) is 22.5 Å². The van der Waals surface area contributed by atoms with Crippen LogP contribution in [-0.4, -0.2) is 24.6 Å². The molecule has 0 saturated carbocycles. The SMILES string of the molecule is CC(COC(=O)c1ccc(N)cc1)OOC(=O)c1ccc(N)cc1. The Kier molecular flexibility index (Phi) is 5.75. The number of hydrogen-bond donors (Lipinski definition) is 2. The summed E-state index contributed by atoms with van der Waals surface area (Å²) in [5.74, 6) is -1.18. The maximum absolute atomic E-state index is 11.8. The van der Waals surface area contributed by atoms with Gasteiger partial charge in [-0.1, -0.05) is 0 Å². The Bertz CT molecular complexity index is 636. The van der Waals surface area contributed by atoms with Gasteiger partial charge in [-0.15, -0.1) is 0 Å². The molecule has 1 atom stereocenters. The maximum Gasteiger partial charge on any atom is 0.373 e. The summed E-state index contributed by atoms with van der Waals surface area (Å²) in [6, 6.07) is 12.5. The number of benzene rings is 2. The first-order valence-corrected chi connectivity index (χ1v) is 7.21. The predicted octanol–water partition coefficient (Wildman–Crippen LogP) is 2.18. The maximum atomic E-state index is 11.8. The summed E-state index contributed by atoms with van der Waals surface area (Å²) in [5, 5.41) is 0. The van der Waals surface area contributed by atoms with E-state index >= 15 is 0 Å². The first kappa shape index (κ1) is 17.3. The third kappa shape index (κ3) is 4.99. The van der Waals surface area contributed by atoms with Crippen LogP contribution < -0.4 is 11.5 Å². The van der Waals surface area contributed by atoms with Gasteiger partial charge in [-0.3, -0.25) is 4.89 Å². The van der Waals surface area contributed by atoms with Crippen molar-refractivity contribution in [2.24, 2.45) is 0 Å². The van der Waals surface area contributed by atoms with E-state index in [0.717, 1.165) is 0 Å². The minimum atomic E-state index is -0.660. The molecule has 126 valence electrons. The highest BCUT2D eigenvalue weighted by Crippen LogP contribution is 2.09. The Hall–Kier alpha value is -3.06. The number of carbonyl (C=O) groups excluding carboxylic acids is 2. The molecule has 2 aromatic carbocycles. The minimum absolute atomic E-state index is 0.0712. The van der Waals surface area contributed by atoms with E-state index in [1.54, 1.807) is 43.3 Å². The molecular formula is C17H18N2O5. The van der Waals surface area contributed by atoms with Gasteiger partial charge in [0.15, 0.2) is 0 Å². The van der Waals surface area contributed by atoms with Gasteiger partial charge in [0.05, 0.1) is 11.1 Å². The third-order valence-corrected chi connectivity index (χ3v) is 3.03. The Balaban J connectivity index is 1.75. The molecule has 24 heavy (non-hydrogen) atoms. The van der Waals surface area contributed by atoms with Gasteiger partial charge in [-0.05, 0) is 55.5 Å². The summed E-state index contributed by atoms with van der Waals surface area (Å²) in [6.07, 6.45) is -0.625. The number of carbonyl (C=O) groups is 2. The molecule has 0 aromatic heterocycles. The molecule has 2 aromatic rings. The zero-order chi connectivity index (χ0) is 17.5. The lowest BCUT2D eigenvalue weighted by Crippen LogP contribution is -2.21. The molecule has 0 bridgehead atoms. The van der Waals surface area contributed by atoms with E-state index in [1.807, 2.05) is 0 Å². The zero-order valence-corrected chi connectivity index (χ0v) is 13.1. The highest BCUT2D eigenvalue weighted by Gasteiger charge is 2.14. The van der Waals surface area contributed by atoms with Crippen LogP contribution in [0.2, 0.25) is 0 Å². The molecule has 1 unspecified atom stereocenters. The molecule has 0 aliphatic heterocycles. The molecule has 0 amide bonds. The van der Waals surface area contributed by atoms with Crippen molar-refractivity contribution in [2.75, 3.05) is 18.1 Å².